The van der Waals surface area contributed by atoms with Crippen LogP contribution < -0.4 is 37.6 Å². The van der Waals surface area contributed by atoms with E-state index in [1.54, 1.807) is 0 Å². The van der Waals surface area contributed by atoms with Crippen molar-refractivity contribution in [3.05, 3.63) is 18.2 Å². The van der Waals surface area contributed by atoms with E-state index >= 15 is 0 Å². The molecule has 1 aromatic rings. The number of hydrogen-bond donors (Lipinski definition) is 11. The lowest BCUT2D eigenvalue weighted by atomic mass is 10.0. The van der Waals surface area contributed by atoms with Crippen LogP contribution in [-0.2, 0) is 44.8 Å². The minimum absolute atomic E-state index is 0.105. The molecule has 3 heterocycles. The number of fused-ring (bicyclic) bond motifs is 1. The Morgan fingerprint density at radius 3 is 2.04 bits per heavy atom. The van der Waals surface area contributed by atoms with E-state index in [-0.39, 0.29) is 50.3 Å². The van der Waals surface area contributed by atoms with Gasteiger partial charge in [0.2, 0.25) is 47.3 Å². The summed E-state index contributed by atoms with van der Waals surface area (Å²) in [5.41, 5.74) is 5.76. The first-order valence-electron chi connectivity index (χ1n) is 17.3. The van der Waals surface area contributed by atoms with Crippen LogP contribution in [0.5, 0.6) is 0 Å². The van der Waals surface area contributed by atoms with Crippen LogP contribution in [0.15, 0.2) is 12.5 Å². The number of thiol groups is 1. The first-order valence-corrected chi connectivity index (χ1v) is 18.0. The fraction of sp³-hybridized carbons (Fsp3) is 0.656. The zero-order chi connectivity index (χ0) is 39.4. The number of rotatable bonds is 10. The van der Waals surface area contributed by atoms with Gasteiger partial charge in [-0.2, -0.15) is 12.6 Å². The number of nitrogens with zero attached hydrogens (tertiary/aromatic N) is 2. The molecule has 1 aromatic heterocycles. The summed E-state index contributed by atoms with van der Waals surface area (Å²) in [6.07, 6.45) is 1.25. The van der Waals surface area contributed by atoms with Crippen molar-refractivity contribution in [1.29, 1.82) is 0 Å². The Hall–Kier alpha value is -4.76. The lowest BCUT2D eigenvalue weighted by Gasteiger charge is -2.31. The van der Waals surface area contributed by atoms with Crippen LogP contribution in [0, 0.1) is 5.92 Å². The summed E-state index contributed by atoms with van der Waals surface area (Å²) in [7, 11) is 0. The van der Waals surface area contributed by atoms with Crippen LogP contribution in [0.3, 0.4) is 0 Å². The fourth-order valence-electron chi connectivity index (χ4n) is 5.97. The molecule has 8 amide bonds. The average molecular weight is 767 g/mol. The number of imidazole rings is 1. The first kappa shape index (κ1) is 42.7. The summed E-state index contributed by atoms with van der Waals surface area (Å²) in [4.78, 5) is 115. The van der Waals surface area contributed by atoms with E-state index in [1.807, 2.05) is 13.8 Å². The Morgan fingerprint density at radius 2 is 1.45 bits per heavy atom. The molecule has 0 aromatic carbocycles. The number of nitrogens with two attached hydrogens (primary N) is 1. The zero-order valence-corrected chi connectivity index (χ0v) is 30.7. The number of hydrogen-bond acceptors (Lipinski definition) is 12. The van der Waals surface area contributed by atoms with Gasteiger partial charge in [-0.05, 0) is 38.5 Å². The van der Waals surface area contributed by atoms with Crippen LogP contribution in [-0.4, -0.2) is 140 Å². The Labute approximate surface area is 311 Å². The van der Waals surface area contributed by atoms with Gasteiger partial charge in [-0.1, -0.05) is 13.8 Å². The van der Waals surface area contributed by atoms with Gasteiger partial charge >= 0.3 is 0 Å². The standard InChI is InChI=1S/C32H50N10O10S/c1-15(2)9-20-32(52)42-8-4-5-23(42)30(50)36-18(6-7-24(33)45)26(46)41-25(16(3)44)31(51)39-21(12-43)28(48)40-22(13-53)29(49)37-19(27(47)38-20)10-17-11-34-14-35-17/h11,14-16,18-23,25,43-44,53H,4-10,12-13H2,1-3H3,(H2,33,45)(H,34,35)(H,36,50)(H,37,49)(H,38,47)(H,39,51)(H,40,48)(H,41,46)/t16-,18-,19-,20-,21+,22+,23+,25+/m1/s1. The van der Waals surface area contributed by atoms with Gasteiger partial charge in [0.25, 0.3) is 0 Å². The molecule has 11 N–H and O–H groups in total. The Kier molecular flexibility index (Phi) is 16.0. The molecule has 0 aliphatic carbocycles. The van der Waals surface area contributed by atoms with Crippen LogP contribution in [0.4, 0.5) is 0 Å². The Morgan fingerprint density at radius 1 is 0.868 bits per heavy atom. The molecular weight excluding hydrogens is 716 g/mol. The average Bonchev–Trinajstić information content (AvgIpc) is 3.81. The van der Waals surface area contributed by atoms with Gasteiger partial charge in [-0.25, -0.2) is 4.98 Å². The molecule has 20 nitrogen and oxygen atoms in total. The van der Waals surface area contributed by atoms with E-state index in [9.17, 15) is 48.6 Å². The zero-order valence-electron chi connectivity index (χ0n) is 29.8. The number of aliphatic hydroxyl groups is 2. The number of aliphatic hydroxyl groups excluding tert-OH is 2. The lowest BCUT2D eigenvalue weighted by molar-refractivity contribution is -0.143. The largest absolute Gasteiger partial charge is 0.394 e. The third-order valence-corrected chi connectivity index (χ3v) is 9.14. The highest BCUT2D eigenvalue weighted by Crippen LogP contribution is 2.21. The van der Waals surface area contributed by atoms with E-state index < -0.39 is 102 Å². The molecule has 2 fully saturated rings. The summed E-state index contributed by atoms with van der Waals surface area (Å²) in [5.74, 6) is -7.28. The fourth-order valence-corrected chi connectivity index (χ4v) is 6.23. The minimum Gasteiger partial charge on any atom is -0.394 e. The van der Waals surface area contributed by atoms with Gasteiger partial charge in [0.05, 0.1) is 19.0 Å². The highest BCUT2D eigenvalue weighted by atomic mass is 32.1. The molecule has 0 radical (unpaired) electrons. The number of carbonyl (C=O) groups excluding carboxylic acids is 8. The minimum atomic E-state index is -1.72. The maximum absolute atomic E-state index is 14.1. The third-order valence-electron chi connectivity index (χ3n) is 8.78. The normalized spacial score (nSPS) is 27.7. The summed E-state index contributed by atoms with van der Waals surface area (Å²) in [5, 5.41) is 35.2. The topological polar surface area (TPSA) is 307 Å². The number of aromatic amines is 1. The van der Waals surface area contributed by atoms with Crippen molar-refractivity contribution in [2.75, 3.05) is 18.9 Å². The maximum Gasteiger partial charge on any atom is 0.245 e. The molecule has 21 heteroatoms. The number of primary amides is 1. The molecular formula is C32H50N10O10S. The van der Waals surface area contributed by atoms with Crippen molar-refractivity contribution in [1.82, 2.24) is 46.8 Å². The smallest absolute Gasteiger partial charge is 0.245 e. The second-order valence-electron chi connectivity index (χ2n) is 13.5. The van der Waals surface area contributed by atoms with Gasteiger partial charge in [0.15, 0.2) is 0 Å². The number of amides is 8. The SMILES string of the molecule is CC(C)C[C@H]1NC(=O)[C@@H](Cc2cnc[nH]2)NC(=O)[C@H](CS)NC(=O)[C@H](CO)NC(=O)[C@H]([C@@H](C)O)NC(=O)[C@@H](CCC(N)=O)NC(=O)[C@@H]2CCCN2C1=O. The quantitative estimate of drug-likeness (QED) is 0.101. The Bertz CT molecular complexity index is 1490. The van der Waals surface area contributed by atoms with E-state index in [0.717, 1.165) is 0 Å². The van der Waals surface area contributed by atoms with Gasteiger partial charge in [0.1, 0.15) is 42.3 Å². The predicted octanol–water partition coefficient (Wildman–Crippen LogP) is -4.52. The summed E-state index contributed by atoms with van der Waals surface area (Å²) < 4.78 is 0. The van der Waals surface area contributed by atoms with Gasteiger partial charge in [0, 0.05) is 37.0 Å². The van der Waals surface area contributed by atoms with E-state index in [0.29, 0.717) is 12.1 Å². The molecule has 8 atom stereocenters. The number of carbonyl (C=O) groups is 8. The third kappa shape index (κ3) is 12.1. The molecule has 2 saturated heterocycles. The second-order valence-corrected chi connectivity index (χ2v) is 13.9. The summed E-state index contributed by atoms with van der Waals surface area (Å²) in [6, 6.07) is -9.80. The molecule has 0 bridgehead atoms. The van der Waals surface area contributed by atoms with E-state index in [4.69, 9.17) is 5.73 Å². The van der Waals surface area contributed by atoms with Gasteiger partial charge in [-0.3, -0.25) is 38.4 Å². The molecule has 2 aliphatic rings. The number of H-pyrrole nitrogens is 1. The highest BCUT2D eigenvalue weighted by molar-refractivity contribution is 7.80. The molecule has 53 heavy (non-hydrogen) atoms. The van der Waals surface area contributed by atoms with E-state index in [2.05, 4.69) is 54.5 Å². The second kappa shape index (κ2) is 19.9. The number of nitrogens with one attached hydrogen (secondary N) is 7. The maximum atomic E-state index is 14.1. The van der Waals surface area contributed by atoms with Gasteiger partial charge in [-0.15, -0.1) is 0 Å². The van der Waals surface area contributed by atoms with Crippen LogP contribution >= 0.6 is 12.6 Å². The van der Waals surface area contributed by atoms with Crippen LogP contribution in [0.2, 0.25) is 0 Å². The molecule has 294 valence electrons. The summed E-state index contributed by atoms with van der Waals surface area (Å²) >= 11 is 4.16. The molecule has 0 unspecified atom stereocenters. The highest BCUT2D eigenvalue weighted by Gasteiger charge is 2.41. The summed E-state index contributed by atoms with van der Waals surface area (Å²) in [6.45, 7) is 4.01. The molecule has 0 saturated carbocycles. The van der Waals surface area contributed by atoms with Crippen molar-refractivity contribution in [3.63, 3.8) is 0 Å². The van der Waals surface area contributed by atoms with Crippen molar-refractivity contribution in [2.24, 2.45) is 11.7 Å². The van der Waals surface area contributed by atoms with Crippen molar-refractivity contribution < 1.29 is 48.6 Å². The van der Waals surface area contributed by atoms with Crippen LogP contribution in [0.25, 0.3) is 0 Å². The first-order chi connectivity index (χ1) is 25.1. The molecule has 3 rings (SSSR count). The monoisotopic (exact) mass is 766 g/mol. The molecule has 0 spiro atoms. The van der Waals surface area contributed by atoms with E-state index in [1.165, 1.54) is 24.3 Å². The predicted molar refractivity (Wildman–Crippen MR) is 189 cm³/mol. The lowest BCUT2D eigenvalue weighted by Crippen LogP contribution is -2.62. The molecule has 2 aliphatic heterocycles. The van der Waals surface area contributed by atoms with Crippen LogP contribution in [0.1, 0.15) is 58.6 Å². The van der Waals surface area contributed by atoms with Crippen molar-refractivity contribution in [3.8, 4) is 0 Å². The number of aromatic nitrogens is 2. The van der Waals surface area contributed by atoms with Gasteiger partial charge < -0.3 is 57.7 Å². The van der Waals surface area contributed by atoms with Crippen molar-refractivity contribution >= 4 is 59.9 Å². The Balaban J connectivity index is 2.08. The van der Waals surface area contributed by atoms with Crippen molar-refractivity contribution in [2.45, 2.75) is 108 Å².